The van der Waals surface area contributed by atoms with Crippen molar-refractivity contribution in [2.24, 2.45) is 0 Å². The van der Waals surface area contributed by atoms with Gasteiger partial charge in [-0.15, -0.1) is 0 Å². The molecule has 0 N–H and O–H groups in total. The lowest BCUT2D eigenvalue weighted by molar-refractivity contribution is 0.0720. The molecule has 0 amide bonds. The SMILES string of the molecule is CCCCCCCCCCCCCCCCOc1ccc(C(=O)Oc2c(Cl)cc(C(=O)Oc3ccc4ccc(OC(=O)c5cc(Cl)c(OC(=O)c6ccc(OCCCCCCCCCCCCCCCC)cc6)c(Cl)c5)cc4c3)cc2Cl)cc1. The molecule has 0 spiro atoms. The summed E-state index contributed by atoms with van der Waals surface area (Å²) in [7, 11) is 0. The molecular formula is C70H84Cl4O10. The number of hydrogen-bond acceptors (Lipinski definition) is 10. The summed E-state index contributed by atoms with van der Waals surface area (Å²) in [6.45, 7) is 5.72. The first-order valence-electron chi connectivity index (χ1n) is 30.8. The molecule has 0 bridgehead atoms. The van der Waals surface area contributed by atoms with E-state index in [0.29, 0.717) is 30.1 Å². The number of carbonyl (C=O) groups excluding carboxylic acids is 4. The van der Waals surface area contributed by atoms with E-state index in [2.05, 4.69) is 13.8 Å². The molecule has 0 unspecified atom stereocenters. The van der Waals surface area contributed by atoms with Crippen molar-refractivity contribution in [1.82, 2.24) is 0 Å². The fourth-order valence-electron chi connectivity index (χ4n) is 9.86. The number of benzene rings is 6. The van der Waals surface area contributed by atoms with Crippen LogP contribution in [0.25, 0.3) is 10.8 Å². The van der Waals surface area contributed by atoms with E-state index < -0.39 is 23.9 Å². The summed E-state index contributed by atoms with van der Waals surface area (Å²) in [6.07, 6.45) is 36.1. The lowest BCUT2D eigenvalue weighted by Gasteiger charge is -2.12. The normalized spacial score (nSPS) is 11.2. The average molecular weight is 1230 g/mol. The maximum atomic E-state index is 13.4. The van der Waals surface area contributed by atoms with E-state index >= 15 is 0 Å². The number of fused-ring (bicyclic) bond motifs is 1. The fraction of sp³-hybridized carbons (Fsp3) is 0.457. The number of carbonyl (C=O) groups is 4. The van der Waals surface area contributed by atoms with Crippen molar-refractivity contribution in [2.75, 3.05) is 13.2 Å². The van der Waals surface area contributed by atoms with Crippen LogP contribution in [0.5, 0.6) is 34.5 Å². The highest BCUT2D eigenvalue weighted by Crippen LogP contribution is 2.38. The van der Waals surface area contributed by atoms with Crippen molar-refractivity contribution in [3.05, 3.63) is 152 Å². The standard InChI is InChI=1S/C70H84Cl4O10/c1-3-5-7-9-11-13-15-17-19-21-23-25-27-29-43-79-57-37-33-52(34-38-57)67(75)83-65-61(71)47-55(48-62(65)72)69(77)81-59-41-31-51-32-42-60(46-54(51)45-59)82-70(78)56-49-63(73)66(64(74)50-56)84-68(76)53-35-39-58(40-36-53)80-44-30-28-26-24-22-20-18-16-14-12-10-8-6-4-2/h31-42,45-50H,3-30,43-44H2,1-2H3. The van der Waals surface area contributed by atoms with E-state index in [1.165, 1.54) is 178 Å². The summed E-state index contributed by atoms with van der Waals surface area (Å²) >= 11 is 26.1. The summed E-state index contributed by atoms with van der Waals surface area (Å²) in [5.41, 5.74) is 0.548. The molecule has 6 rings (SSSR count). The number of esters is 4. The maximum Gasteiger partial charge on any atom is 0.343 e. The van der Waals surface area contributed by atoms with Gasteiger partial charge in [-0.1, -0.05) is 239 Å². The Morgan fingerprint density at radius 3 is 0.845 bits per heavy atom. The molecule has 0 heterocycles. The Labute approximate surface area is 518 Å². The molecule has 0 radical (unpaired) electrons. The van der Waals surface area contributed by atoms with Gasteiger partial charge in [-0.3, -0.25) is 0 Å². The zero-order chi connectivity index (χ0) is 59.7. The van der Waals surface area contributed by atoms with E-state index in [1.807, 2.05) is 0 Å². The van der Waals surface area contributed by atoms with E-state index in [4.69, 9.17) is 74.8 Å². The molecular weight excluding hydrogens is 1140 g/mol. The first-order chi connectivity index (χ1) is 40.9. The molecule has 0 fully saturated rings. The molecule has 10 nitrogen and oxygen atoms in total. The molecule has 0 saturated heterocycles. The zero-order valence-electron chi connectivity index (χ0n) is 49.2. The van der Waals surface area contributed by atoms with Gasteiger partial charge >= 0.3 is 23.9 Å². The molecule has 452 valence electrons. The Morgan fingerprint density at radius 2 is 0.548 bits per heavy atom. The van der Waals surface area contributed by atoms with Crippen molar-refractivity contribution >= 4 is 81.1 Å². The molecule has 0 atom stereocenters. The van der Waals surface area contributed by atoms with Crippen LogP contribution < -0.4 is 28.4 Å². The third-order valence-electron chi connectivity index (χ3n) is 14.8. The number of halogens is 4. The Hall–Kier alpha value is -5.78. The van der Waals surface area contributed by atoms with Crippen molar-refractivity contribution in [3.8, 4) is 34.5 Å². The van der Waals surface area contributed by atoms with E-state index in [1.54, 1.807) is 84.9 Å². The van der Waals surface area contributed by atoms with Crippen molar-refractivity contribution in [3.63, 3.8) is 0 Å². The average Bonchev–Trinajstić information content (AvgIpc) is 3.65. The first kappa shape index (κ1) is 67.3. The molecule has 0 aliphatic rings. The van der Waals surface area contributed by atoms with Crippen LogP contribution >= 0.6 is 46.4 Å². The largest absolute Gasteiger partial charge is 0.494 e. The molecule has 0 aromatic heterocycles. The summed E-state index contributed by atoms with van der Waals surface area (Å²) in [4.78, 5) is 53.0. The van der Waals surface area contributed by atoms with Gasteiger partial charge in [0.15, 0.2) is 11.5 Å². The lowest BCUT2D eigenvalue weighted by Crippen LogP contribution is -2.12. The van der Waals surface area contributed by atoms with Crippen molar-refractivity contribution < 1.29 is 47.6 Å². The highest BCUT2D eigenvalue weighted by Gasteiger charge is 2.22. The second-order valence-corrected chi connectivity index (χ2v) is 23.3. The van der Waals surface area contributed by atoms with Crippen LogP contribution in [0.2, 0.25) is 20.1 Å². The summed E-state index contributed by atoms with van der Waals surface area (Å²) in [6, 6.07) is 28.4. The van der Waals surface area contributed by atoms with Crippen LogP contribution in [-0.4, -0.2) is 37.1 Å². The van der Waals surface area contributed by atoms with Gasteiger partial charge in [0.1, 0.15) is 23.0 Å². The predicted molar refractivity (Wildman–Crippen MR) is 341 cm³/mol. The number of ether oxygens (including phenoxy) is 6. The Morgan fingerprint density at radius 1 is 0.286 bits per heavy atom. The van der Waals surface area contributed by atoms with Crippen LogP contribution in [0, 0.1) is 0 Å². The summed E-state index contributed by atoms with van der Waals surface area (Å²) in [5, 5.41) is 1.05. The van der Waals surface area contributed by atoms with Gasteiger partial charge in [0.05, 0.1) is 55.6 Å². The second-order valence-electron chi connectivity index (χ2n) is 21.7. The summed E-state index contributed by atoms with van der Waals surface area (Å²) < 4.78 is 34.3. The van der Waals surface area contributed by atoms with Crippen LogP contribution in [0.15, 0.2) is 109 Å². The number of hydrogen-bond donors (Lipinski definition) is 0. The number of unbranched alkanes of at least 4 members (excludes halogenated alkanes) is 26. The summed E-state index contributed by atoms with van der Waals surface area (Å²) in [5.74, 6) is -1.49. The fourth-order valence-corrected chi connectivity index (χ4v) is 11.0. The Kier molecular flexibility index (Phi) is 30.7. The van der Waals surface area contributed by atoms with Crippen LogP contribution in [0.4, 0.5) is 0 Å². The van der Waals surface area contributed by atoms with Crippen molar-refractivity contribution in [2.45, 2.75) is 194 Å². The van der Waals surface area contributed by atoms with Crippen LogP contribution in [-0.2, 0) is 0 Å². The van der Waals surface area contributed by atoms with E-state index in [9.17, 15) is 19.2 Å². The quantitative estimate of drug-likeness (QED) is 0.0209. The monoisotopic (exact) mass is 1220 g/mol. The molecule has 14 heteroatoms. The highest BCUT2D eigenvalue weighted by atomic mass is 35.5. The van der Waals surface area contributed by atoms with Gasteiger partial charge < -0.3 is 28.4 Å². The van der Waals surface area contributed by atoms with E-state index in [0.717, 1.165) is 31.1 Å². The topological polar surface area (TPSA) is 124 Å². The minimum Gasteiger partial charge on any atom is -0.494 e. The van der Waals surface area contributed by atoms with Gasteiger partial charge in [-0.05, 0) is 121 Å². The maximum absolute atomic E-state index is 13.4. The van der Waals surface area contributed by atoms with Gasteiger partial charge in [-0.25, -0.2) is 19.2 Å². The second kappa shape index (κ2) is 38.3. The third kappa shape index (κ3) is 23.9. The Balaban J connectivity index is 0.895. The number of rotatable bonds is 40. The zero-order valence-corrected chi connectivity index (χ0v) is 52.2. The van der Waals surface area contributed by atoms with Crippen LogP contribution in [0.3, 0.4) is 0 Å². The lowest BCUT2D eigenvalue weighted by atomic mass is 10.0. The molecule has 0 saturated carbocycles. The minimum absolute atomic E-state index is 0.00985. The predicted octanol–water partition coefficient (Wildman–Crippen LogP) is 22.1. The molecule has 6 aromatic rings. The molecule has 0 aliphatic carbocycles. The third-order valence-corrected chi connectivity index (χ3v) is 15.9. The molecule has 0 aliphatic heterocycles. The Bertz CT molecular complexity index is 2740. The van der Waals surface area contributed by atoms with Gasteiger partial charge in [0, 0.05) is 0 Å². The van der Waals surface area contributed by atoms with Crippen LogP contribution in [0.1, 0.15) is 235 Å². The highest BCUT2D eigenvalue weighted by molar-refractivity contribution is 6.38. The van der Waals surface area contributed by atoms with E-state index in [-0.39, 0.29) is 65.3 Å². The minimum atomic E-state index is -0.778. The van der Waals surface area contributed by atoms with Gasteiger partial charge in [-0.2, -0.15) is 0 Å². The molecule has 6 aromatic carbocycles. The molecule has 84 heavy (non-hydrogen) atoms. The van der Waals surface area contributed by atoms with Gasteiger partial charge in [0.2, 0.25) is 0 Å². The first-order valence-corrected chi connectivity index (χ1v) is 32.3. The van der Waals surface area contributed by atoms with Gasteiger partial charge in [0.25, 0.3) is 0 Å². The van der Waals surface area contributed by atoms with Crippen molar-refractivity contribution in [1.29, 1.82) is 0 Å². The smallest absolute Gasteiger partial charge is 0.343 e.